The summed E-state index contributed by atoms with van der Waals surface area (Å²) in [6.45, 7) is 1.62. The van der Waals surface area contributed by atoms with E-state index in [-0.39, 0.29) is 23.9 Å². The van der Waals surface area contributed by atoms with Crippen LogP contribution in [0.25, 0.3) is 0 Å². The van der Waals surface area contributed by atoms with Crippen LogP contribution in [0.5, 0.6) is 0 Å². The van der Waals surface area contributed by atoms with Gasteiger partial charge in [-0.1, -0.05) is 30.3 Å². The summed E-state index contributed by atoms with van der Waals surface area (Å²) in [4.78, 5) is 14.4. The molecule has 20 heavy (non-hydrogen) atoms. The van der Waals surface area contributed by atoms with Crippen LogP contribution in [-0.2, 0) is 9.53 Å². The molecule has 1 aromatic carbocycles. The van der Waals surface area contributed by atoms with Crippen LogP contribution in [0.3, 0.4) is 0 Å². The van der Waals surface area contributed by atoms with Gasteiger partial charge in [-0.3, -0.25) is 4.79 Å². The van der Waals surface area contributed by atoms with Crippen molar-refractivity contribution in [1.82, 2.24) is 10.2 Å². The highest BCUT2D eigenvalue weighted by molar-refractivity contribution is 5.80. The third kappa shape index (κ3) is 3.79. The highest BCUT2D eigenvalue weighted by Gasteiger charge is 2.32. The van der Waals surface area contributed by atoms with Gasteiger partial charge in [-0.2, -0.15) is 0 Å². The summed E-state index contributed by atoms with van der Waals surface area (Å²) in [7, 11) is 3.99. The zero-order valence-corrected chi connectivity index (χ0v) is 12.1. The van der Waals surface area contributed by atoms with E-state index in [2.05, 4.69) is 10.2 Å². The molecule has 110 valence electrons. The molecular weight excluding hydrogens is 254 g/mol. The topological polar surface area (TPSA) is 67.6 Å². The Morgan fingerprint density at radius 1 is 1.40 bits per heavy atom. The van der Waals surface area contributed by atoms with Crippen molar-refractivity contribution in [3.8, 4) is 0 Å². The van der Waals surface area contributed by atoms with Gasteiger partial charge in [0, 0.05) is 12.6 Å². The van der Waals surface area contributed by atoms with Crippen molar-refractivity contribution in [3.63, 3.8) is 0 Å². The van der Waals surface area contributed by atoms with E-state index >= 15 is 0 Å². The van der Waals surface area contributed by atoms with Gasteiger partial charge in [0.15, 0.2) is 0 Å². The van der Waals surface area contributed by atoms with E-state index in [0.717, 1.165) is 12.1 Å². The summed E-state index contributed by atoms with van der Waals surface area (Å²) >= 11 is 0. The van der Waals surface area contributed by atoms with Gasteiger partial charge in [0.2, 0.25) is 5.91 Å². The van der Waals surface area contributed by atoms with E-state index in [0.29, 0.717) is 13.2 Å². The van der Waals surface area contributed by atoms with Crippen LogP contribution in [0, 0.1) is 5.92 Å². The van der Waals surface area contributed by atoms with Crippen molar-refractivity contribution >= 4 is 5.91 Å². The summed E-state index contributed by atoms with van der Waals surface area (Å²) in [6, 6.07) is 9.75. The van der Waals surface area contributed by atoms with Crippen LogP contribution in [0.15, 0.2) is 30.3 Å². The molecule has 0 aliphatic carbocycles. The van der Waals surface area contributed by atoms with E-state index in [4.69, 9.17) is 10.5 Å². The minimum absolute atomic E-state index is 0.0225. The van der Waals surface area contributed by atoms with Gasteiger partial charge in [0.1, 0.15) is 0 Å². The van der Waals surface area contributed by atoms with Gasteiger partial charge in [0.05, 0.1) is 25.2 Å². The normalized spacial score (nSPS) is 23.8. The fourth-order valence-electron chi connectivity index (χ4n) is 2.40. The summed E-state index contributed by atoms with van der Waals surface area (Å²) in [5, 5.41) is 3.10. The van der Waals surface area contributed by atoms with Gasteiger partial charge in [0.25, 0.3) is 0 Å². The maximum absolute atomic E-state index is 12.3. The number of likely N-dealkylation sites (N-methyl/N-ethyl adjacent to an activating group) is 1. The van der Waals surface area contributed by atoms with Crippen molar-refractivity contribution in [2.75, 3.05) is 33.9 Å². The molecule has 0 saturated carbocycles. The number of nitrogens with zero attached hydrogens (tertiary/aromatic N) is 1. The predicted molar refractivity (Wildman–Crippen MR) is 78.2 cm³/mol. The van der Waals surface area contributed by atoms with Gasteiger partial charge < -0.3 is 20.7 Å². The number of rotatable bonds is 5. The molecule has 1 aliphatic heterocycles. The zero-order valence-electron chi connectivity index (χ0n) is 12.1. The van der Waals surface area contributed by atoms with E-state index in [1.807, 2.05) is 44.4 Å². The number of ether oxygens (including phenoxy) is 1. The van der Waals surface area contributed by atoms with Gasteiger partial charge in [-0.05, 0) is 19.7 Å². The van der Waals surface area contributed by atoms with E-state index in [1.165, 1.54) is 0 Å². The molecule has 5 nitrogen and oxygen atoms in total. The maximum atomic E-state index is 12.3. The Kier molecular flexibility index (Phi) is 5.11. The molecule has 1 aromatic rings. The molecule has 3 N–H and O–H groups in total. The van der Waals surface area contributed by atoms with E-state index in [9.17, 15) is 4.79 Å². The van der Waals surface area contributed by atoms with Gasteiger partial charge >= 0.3 is 0 Å². The highest BCUT2D eigenvalue weighted by atomic mass is 16.5. The van der Waals surface area contributed by atoms with Gasteiger partial charge in [-0.15, -0.1) is 0 Å². The average Bonchev–Trinajstić information content (AvgIpc) is 2.85. The van der Waals surface area contributed by atoms with E-state index in [1.54, 1.807) is 0 Å². The number of carbonyl (C=O) groups excluding carboxylic acids is 1. The smallest absolute Gasteiger partial charge is 0.227 e. The molecular formula is C15H23N3O2. The van der Waals surface area contributed by atoms with Crippen molar-refractivity contribution < 1.29 is 9.53 Å². The van der Waals surface area contributed by atoms with Crippen molar-refractivity contribution in [3.05, 3.63) is 35.9 Å². The molecule has 1 aliphatic rings. The molecule has 2 rings (SSSR count). The first-order valence-corrected chi connectivity index (χ1v) is 6.91. The number of nitrogens with one attached hydrogen (secondary N) is 1. The zero-order chi connectivity index (χ0) is 14.5. The Bertz CT molecular complexity index is 436. The second-order valence-corrected chi connectivity index (χ2v) is 5.54. The lowest BCUT2D eigenvalue weighted by molar-refractivity contribution is -0.126. The fourth-order valence-corrected chi connectivity index (χ4v) is 2.40. The minimum Gasteiger partial charge on any atom is -0.379 e. The molecule has 1 heterocycles. The second-order valence-electron chi connectivity index (χ2n) is 5.54. The fraction of sp³-hybridized carbons (Fsp3) is 0.533. The lowest BCUT2D eigenvalue weighted by Crippen LogP contribution is -2.44. The number of nitrogens with two attached hydrogens (primary N) is 1. The highest BCUT2D eigenvalue weighted by Crippen LogP contribution is 2.17. The largest absolute Gasteiger partial charge is 0.379 e. The van der Waals surface area contributed by atoms with Crippen LogP contribution in [0.1, 0.15) is 11.6 Å². The Morgan fingerprint density at radius 3 is 2.65 bits per heavy atom. The Labute approximate surface area is 120 Å². The van der Waals surface area contributed by atoms with Crippen LogP contribution in [0.4, 0.5) is 0 Å². The molecule has 0 bridgehead atoms. The number of hydrogen-bond donors (Lipinski definition) is 2. The average molecular weight is 277 g/mol. The summed E-state index contributed by atoms with van der Waals surface area (Å²) in [6.07, 6.45) is 0. The van der Waals surface area contributed by atoms with Crippen molar-refractivity contribution in [1.29, 1.82) is 0 Å². The third-order valence-corrected chi connectivity index (χ3v) is 3.53. The third-order valence-electron chi connectivity index (χ3n) is 3.53. The molecule has 3 unspecified atom stereocenters. The molecule has 0 spiro atoms. The molecule has 0 radical (unpaired) electrons. The number of benzene rings is 1. The molecule has 0 aromatic heterocycles. The number of carbonyl (C=O) groups is 1. The van der Waals surface area contributed by atoms with Crippen LogP contribution < -0.4 is 11.1 Å². The lowest BCUT2D eigenvalue weighted by atomic mass is 10.0. The molecule has 1 amide bonds. The number of hydrogen-bond acceptors (Lipinski definition) is 4. The monoisotopic (exact) mass is 277 g/mol. The number of amides is 1. The second kappa shape index (κ2) is 6.83. The minimum atomic E-state index is -0.247. The lowest BCUT2D eigenvalue weighted by Gasteiger charge is -2.25. The van der Waals surface area contributed by atoms with Crippen molar-refractivity contribution in [2.24, 2.45) is 11.7 Å². The summed E-state index contributed by atoms with van der Waals surface area (Å²) in [5.74, 6) is -0.269. The summed E-state index contributed by atoms with van der Waals surface area (Å²) < 4.78 is 5.26. The Balaban J connectivity index is 2.06. The Morgan fingerprint density at radius 2 is 2.10 bits per heavy atom. The molecule has 3 atom stereocenters. The van der Waals surface area contributed by atoms with Gasteiger partial charge in [-0.25, -0.2) is 0 Å². The maximum Gasteiger partial charge on any atom is 0.227 e. The Hall–Kier alpha value is -1.43. The first-order valence-electron chi connectivity index (χ1n) is 6.91. The SMILES string of the molecule is CN(C)CC(NC(=O)C1COCC1N)c1ccccc1. The predicted octanol–water partition coefficient (Wildman–Crippen LogP) is 0.379. The van der Waals surface area contributed by atoms with Crippen LogP contribution in [0.2, 0.25) is 0 Å². The molecule has 5 heteroatoms. The summed E-state index contributed by atoms with van der Waals surface area (Å²) in [5.41, 5.74) is 7.00. The first-order chi connectivity index (χ1) is 9.58. The van der Waals surface area contributed by atoms with Crippen LogP contribution >= 0.6 is 0 Å². The first kappa shape index (κ1) is 15.0. The molecule has 1 saturated heterocycles. The molecule has 1 fully saturated rings. The van der Waals surface area contributed by atoms with Crippen LogP contribution in [-0.4, -0.2) is 50.7 Å². The van der Waals surface area contributed by atoms with Crippen molar-refractivity contribution in [2.45, 2.75) is 12.1 Å². The van der Waals surface area contributed by atoms with E-state index < -0.39 is 0 Å². The standard InChI is InChI=1S/C15H23N3O2/c1-18(2)8-14(11-6-4-3-5-7-11)17-15(19)12-9-20-10-13(12)16/h3-7,12-14H,8-10,16H2,1-2H3,(H,17,19). The quantitative estimate of drug-likeness (QED) is 0.816.